The Bertz CT molecular complexity index is 430. The van der Waals surface area contributed by atoms with Crippen molar-refractivity contribution in [2.45, 2.75) is 149 Å². The first-order chi connectivity index (χ1) is 14.6. The van der Waals surface area contributed by atoms with E-state index in [2.05, 4.69) is 50.8 Å². The fourth-order valence-electron chi connectivity index (χ4n) is 4.06. The summed E-state index contributed by atoms with van der Waals surface area (Å²) in [5.41, 5.74) is 0. The van der Waals surface area contributed by atoms with Gasteiger partial charge in [-0.3, -0.25) is 4.79 Å². The Kier molecular flexibility index (Phi) is 18.2. The number of nitrogens with zero attached hydrogens (tertiary/aromatic N) is 1. The van der Waals surface area contributed by atoms with Gasteiger partial charge in [0.25, 0.3) is 0 Å². The third-order valence-electron chi connectivity index (χ3n) is 5.95. The van der Waals surface area contributed by atoms with E-state index in [0.717, 1.165) is 19.4 Å². The van der Waals surface area contributed by atoms with Crippen molar-refractivity contribution in [2.75, 3.05) is 13.2 Å². The minimum atomic E-state index is -1.64. The lowest BCUT2D eigenvalue weighted by Gasteiger charge is -2.35. The molecule has 0 N–H and O–H groups in total. The number of hydrogen-bond acceptors (Lipinski definition) is 2. The SMILES string of the molecule is CCCCCCCCCCCCCCCCCC(=O)N(CCO[Si](C)(C)C)[Si](C)(C)C. The number of hydrogen-bond donors (Lipinski definition) is 0. The molecule has 1 amide bonds. The van der Waals surface area contributed by atoms with Gasteiger partial charge in [-0.25, -0.2) is 0 Å². The molecule has 0 atom stereocenters. The van der Waals surface area contributed by atoms with Crippen LogP contribution in [0.2, 0.25) is 39.3 Å². The smallest absolute Gasteiger partial charge is 0.214 e. The quantitative estimate of drug-likeness (QED) is 0.124. The van der Waals surface area contributed by atoms with E-state index in [9.17, 15) is 4.79 Å². The highest BCUT2D eigenvalue weighted by atomic mass is 28.4. The zero-order valence-corrected chi connectivity index (χ0v) is 24.5. The molecule has 0 bridgehead atoms. The first kappa shape index (κ1) is 30.9. The van der Waals surface area contributed by atoms with Crippen molar-refractivity contribution >= 4 is 22.5 Å². The lowest BCUT2D eigenvalue weighted by atomic mass is 10.0. The van der Waals surface area contributed by atoms with Gasteiger partial charge in [-0.05, 0) is 26.1 Å². The summed E-state index contributed by atoms with van der Waals surface area (Å²) >= 11 is 0. The molecule has 0 aromatic rings. The van der Waals surface area contributed by atoms with Gasteiger partial charge in [0.05, 0.1) is 6.61 Å². The molecule has 0 unspecified atom stereocenters. The van der Waals surface area contributed by atoms with Crippen molar-refractivity contribution in [1.29, 1.82) is 0 Å². The van der Waals surface area contributed by atoms with Crippen molar-refractivity contribution in [3.8, 4) is 0 Å². The number of amides is 1. The standard InChI is InChI=1S/C26H57NO2Si2/c1-8-9-10-11-12-13-14-15-16-17-18-19-20-21-22-23-26(28)27(30(2,3)4)24-25-29-31(5,6)7/h8-25H2,1-7H3. The number of carbonyl (C=O) groups excluding carboxylic acids is 1. The van der Waals surface area contributed by atoms with Crippen LogP contribution in [0.25, 0.3) is 0 Å². The fourth-order valence-corrected chi connectivity index (χ4v) is 6.39. The van der Waals surface area contributed by atoms with E-state index in [4.69, 9.17) is 4.43 Å². The molecular formula is C26H57NO2Si2. The van der Waals surface area contributed by atoms with E-state index in [1.54, 1.807) is 0 Å². The summed E-state index contributed by atoms with van der Waals surface area (Å²) in [6.45, 7) is 17.2. The van der Waals surface area contributed by atoms with Crippen LogP contribution in [0.3, 0.4) is 0 Å². The molecule has 31 heavy (non-hydrogen) atoms. The highest BCUT2D eigenvalue weighted by molar-refractivity contribution is 6.75. The summed E-state index contributed by atoms with van der Waals surface area (Å²) in [5.74, 6) is 0.355. The Hall–Kier alpha value is -0.136. The van der Waals surface area contributed by atoms with Gasteiger partial charge in [0.15, 0.2) is 16.6 Å². The molecule has 3 nitrogen and oxygen atoms in total. The summed E-state index contributed by atoms with van der Waals surface area (Å²) in [4.78, 5) is 12.8. The van der Waals surface area contributed by atoms with Crippen LogP contribution in [-0.4, -0.2) is 40.2 Å². The van der Waals surface area contributed by atoms with Gasteiger partial charge in [0, 0.05) is 13.0 Å². The van der Waals surface area contributed by atoms with Crippen molar-refractivity contribution in [3.63, 3.8) is 0 Å². The summed E-state index contributed by atoms with van der Waals surface area (Å²) in [5, 5.41) is 0. The highest BCUT2D eigenvalue weighted by Gasteiger charge is 2.28. The van der Waals surface area contributed by atoms with Crippen molar-refractivity contribution < 1.29 is 9.22 Å². The van der Waals surface area contributed by atoms with Crippen LogP contribution in [0.1, 0.15) is 110 Å². The van der Waals surface area contributed by atoms with Crippen LogP contribution in [0.15, 0.2) is 0 Å². The van der Waals surface area contributed by atoms with Crippen LogP contribution in [0.5, 0.6) is 0 Å². The Morgan fingerprint density at radius 2 is 1.03 bits per heavy atom. The van der Waals surface area contributed by atoms with Gasteiger partial charge in [-0.2, -0.15) is 0 Å². The number of carbonyl (C=O) groups is 1. The third kappa shape index (κ3) is 20.2. The lowest BCUT2D eigenvalue weighted by Crippen LogP contribution is -2.51. The molecule has 0 saturated carbocycles. The Labute approximate surface area is 198 Å². The highest BCUT2D eigenvalue weighted by Crippen LogP contribution is 2.16. The topological polar surface area (TPSA) is 29.5 Å². The third-order valence-corrected chi connectivity index (χ3v) is 9.12. The molecule has 0 spiro atoms. The van der Waals surface area contributed by atoms with Crippen LogP contribution < -0.4 is 0 Å². The van der Waals surface area contributed by atoms with Crippen molar-refractivity contribution in [1.82, 2.24) is 4.57 Å². The van der Waals surface area contributed by atoms with E-state index >= 15 is 0 Å². The molecule has 0 aromatic heterocycles. The second-order valence-electron chi connectivity index (χ2n) is 11.4. The predicted octanol–water partition coefficient (Wildman–Crippen LogP) is 8.76. The summed E-state index contributed by atoms with van der Waals surface area (Å²) in [7, 11) is -3.14. The molecule has 0 radical (unpaired) electrons. The Balaban J connectivity index is 3.69. The minimum Gasteiger partial charge on any atom is -0.416 e. The van der Waals surface area contributed by atoms with Gasteiger partial charge >= 0.3 is 0 Å². The average molecular weight is 472 g/mol. The summed E-state index contributed by atoms with van der Waals surface area (Å²) in [6.07, 6.45) is 21.2. The number of unbranched alkanes of at least 4 members (excludes halogenated alkanes) is 14. The largest absolute Gasteiger partial charge is 0.416 e. The maximum atomic E-state index is 12.8. The Morgan fingerprint density at radius 3 is 1.39 bits per heavy atom. The summed E-state index contributed by atoms with van der Waals surface area (Å²) in [6, 6.07) is 0. The van der Waals surface area contributed by atoms with Crippen LogP contribution in [-0.2, 0) is 9.22 Å². The average Bonchev–Trinajstić information content (AvgIpc) is 2.66. The Morgan fingerprint density at radius 1 is 0.645 bits per heavy atom. The molecule has 0 aliphatic rings. The van der Waals surface area contributed by atoms with Crippen LogP contribution in [0, 0.1) is 0 Å². The maximum absolute atomic E-state index is 12.8. The molecule has 5 heteroatoms. The van der Waals surface area contributed by atoms with E-state index in [-0.39, 0.29) is 0 Å². The number of rotatable bonds is 21. The van der Waals surface area contributed by atoms with Gasteiger partial charge in [-0.1, -0.05) is 116 Å². The van der Waals surface area contributed by atoms with E-state index in [0.29, 0.717) is 12.5 Å². The second-order valence-corrected chi connectivity index (χ2v) is 20.8. The van der Waals surface area contributed by atoms with Crippen LogP contribution >= 0.6 is 0 Å². The predicted molar refractivity (Wildman–Crippen MR) is 144 cm³/mol. The molecule has 0 rings (SSSR count). The van der Waals surface area contributed by atoms with Gasteiger partial charge in [0.2, 0.25) is 5.91 Å². The van der Waals surface area contributed by atoms with Crippen molar-refractivity contribution in [2.24, 2.45) is 0 Å². The lowest BCUT2D eigenvalue weighted by molar-refractivity contribution is -0.127. The first-order valence-electron chi connectivity index (χ1n) is 13.5. The monoisotopic (exact) mass is 471 g/mol. The van der Waals surface area contributed by atoms with E-state index in [1.807, 2.05) is 0 Å². The minimum absolute atomic E-state index is 0.355. The molecule has 0 aromatic carbocycles. The molecule has 0 aliphatic carbocycles. The second kappa shape index (κ2) is 18.3. The molecule has 0 fully saturated rings. The fraction of sp³-hybridized carbons (Fsp3) is 0.962. The van der Waals surface area contributed by atoms with Gasteiger partial charge < -0.3 is 8.99 Å². The summed E-state index contributed by atoms with van der Waals surface area (Å²) < 4.78 is 8.17. The van der Waals surface area contributed by atoms with Crippen molar-refractivity contribution in [3.05, 3.63) is 0 Å². The van der Waals surface area contributed by atoms with Crippen LogP contribution in [0.4, 0.5) is 0 Å². The molecular weight excluding hydrogens is 414 g/mol. The van der Waals surface area contributed by atoms with Gasteiger partial charge in [-0.15, -0.1) is 0 Å². The zero-order valence-electron chi connectivity index (χ0n) is 22.5. The van der Waals surface area contributed by atoms with E-state index in [1.165, 1.54) is 89.9 Å². The normalized spacial score (nSPS) is 12.4. The molecule has 0 saturated heterocycles. The first-order valence-corrected chi connectivity index (χ1v) is 20.4. The molecule has 0 aliphatic heterocycles. The molecule has 0 heterocycles. The van der Waals surface area contributed by atoms with Gasteiger partial charge in [0.1, 0.15) is 0 Å². The van der Waals surface area contributed by atoms with E-state index < -0.39 is 16.6 Å². The zero-order chi connectivity index (χ0) is 23.6. The molecule has 186 valence electrons. The maximum Gasteiger partial charge on any atom is 0.214 e.